The molecule has 1 aromatic rings. The summed E-state index contributed by atoms with van der Waals surface area (Å²) in [5.74, 6) is 1.05. The third-order valence-corrected chi connectivity index (χ3v) is 6.75. The molecule has 0 amide bonds. The van der Waals surface area contributed by atoms with Crippen LogP contribution < -0.4 is 4.74 Å². The smallest absolute Gasteiger partial charge is 0.125 e. The van der Waals surface area contributed by atoms with Crippen molar-refractivity contribution < 1.29 is 4.74 Å². The van der Waals surface area contributed by atoms with Crippen LogP contribution in [0.15, 0.2) is 12.3 Å². The molecule has 1 rings (SSSR count). The minimum atomic E-state index is 0.0977. The predicted molar refractivity (Wildman–Crippen MR) is 128 cm³/mol. The van der Waals surface area contributed by atoms with Crippen molar-refractivity contribution in [3.63, 3.8) is 0 Å². The number of aromatic nitrogens is 1. The number of hydrogen-bond acceptors (Lipinski definition) is 2. The third-order valence-electron chi connectivity index (χ3n) is 6.75. The van der Waals surface area contributed by atoms with Crippen LogP contribution in [0.3, 0.4) is 0 Å². The lowest BCUT2D eigenvalue weighted by Crippen LogP contribution is -2.25. The van der Waals surface area contributed by atoms with Crippen molar-refractivity contribution >= 4 is 0 Å². The van der Waals surface area contributed by atoms with Gasteiger partial charge in [-0.1, -0.05) is 106 Å². The Labute approximate surface area is 182 Å². The summed E-state index contributed by atoms with van der Waals surface area (Å²) in [6.07, 6.45) is 18.8. The van der Waals surface area contributed by atoms with Crippen molar-refractivity contribution in [2.75, 3.05) is 7.11 Å². The monoisotopic (exact) mass is 403 g/mol. The van der Waals surface area contributed by atoms with Gasteiger partial charge < -0.3 is 4.74 Å². The summed E-state index contributed by atoms with van der Waals surface area (Å²) in [6.45, 7) is 13.9. The summed E-state index contributed by atoms with van der Waals surface area (Å²) in [5.41, 5.74) is 2.75. The Morgan fingerprint density at radius 2 is 1.31 bits per heavy atom. The first kappa shape index (κ1) is 26.0. The van der Waals surface area contributed by atoms with Crippen molar-refractivity contribution in [2.24, 2.45) is 0 Å². The van der Waals surface area contributed by atoms with Gasteiger partial charge in [-0.05, 0) is 24.7 Å². The molecule has 0 spiro atoms. The molecule has 1 heterocycles. The zero-order valence-corrected chi connectivity index (χ0v) is 20.7. The molecule has 168 valence electrons. The summed E-state index contributed by atoms with van der Waals surface area (Å²) < 4.78 is 5.94. The molecule has 0 saturated carbocycles. The second-order valence-corrected chi connectivity index (χ2v) is 9.94. The number of pyridine rings is 1. The van der Waals surface area contributed by atoms with Gasteiger partial charge in [0, 0.05) is 28.9 Å². The standard InChI is InChI=1S/C27H49NO/c1-8-11-14-16-18-26(4,5)25-21-24(29-7)23(22-28-25)27(6,19-13-10-3)20-17-15-12-9-2/h21-22H,8-20H2,1-7H3/t27-/m0/s1. The maximum absolute atomic E-state index is 5.94. The lowest BCUT2D eigenvalue weighted by molar-refractivity contribution is 0.337. The van der Waals surface area contributed by atoms with Gasteiger partial charge in [0.25, 0.3) is 0 Å². The molecule has 2 nitrogen and oxygen atoms in total. The number of ether oxygens (including phenoxy) is 1. The highest BCUT2D eigenvalue weighted by atomic mass is 16.5. The van der Waals surface area contributed by atoms with Crippen LogP contribution >= 0.6 is 0 Å². The van der Waals surface area contributed by atoms with E-state index in [1.54, 1.807) is 0 Å². The molecule has 0 radical (unpaired) electrons. The van der Waals surface area contributed by atoms with Crippen LogP contribution in [0.1, 0.15) is 136 Å². The van der Waals surface area contributed by atoms with E-state index >= 15 is 0 Å². The number of hydrogen-bond donors (Lipinski definition) is 0. The molecule has 1 atom stereocenters. The minimum absolute atomic E-state index is 0.0977. The average Bonchev–Trinajstić information content (AvgIpc) is 2.72. The molecule has 0 saturated heterocycles. The fourth-order valence-corrected chi connectivity index (χ4v) is 4.45. The van der Waals surface area contributed by atoms with Gasteiger partial charge in [-0.2, -0.15) is 0 Å². The number of methoxy groups -OCH3 is 1. The van der Waals surface area contributed by atoms with Crippen LogP contribution in [0.4, 0.5) is 0 Å². The van der Waals surface area contributed by atoms with Crippen LogP contribution in [-0.2, 0) is 10.8 Å². The van der Waals surface area contributed by atoms with Crippen molar-refractivity contribution in [2.45, 2.75) is 136 Å². The van der Waals surface area contributed by atoms with Crippen molar-refractivity contribution in [3.05, 3.63) is 23.5 Å². The SMILES string of the molecule is CCCCCCC(C)(C)c1cc(OC)c([C@@](C)(CCCC)CCCCCC)cn1. The van der Waals surface area contributed by atoms with Crippen LogP contribution in [0, 0.1) is 0 Å². The molecular formula is C27H49NO. The Kier molecular flexibility index (Phi) is 11.9. The third kappa shape index (κ3) is 8.30. The molecule has 0 bridgehead atoms. The number of rotatable bonds is 16. The zero-order valence-electron chi connectivity index (χ0n) is 20.7. The van der Waals surface area contributed by atoms with Crippen LogP contribution in [0.5, 0.6) is 5.75 Å². The van der Waals surface area contributed by atoms with E-state index in [2.05, 4.69) is 53.8 Å². The van der Waals surface area contributed by atoms with E-state index in [1.807, 2.05) is 7.11 Å². The second-order valence-electron chi connectivity index (χ2n) is 9.94. The summed E-state index contributed by atoms with van der Waals surface area (Å²) in [5, 5.41) is 0. The Morgan fingerprint density at radius 1 is 0.759 bits per heavy atom. The van der Waals surface area contributed by atoms with Gasteiger partial charge in [0.15, 0.2) is 0 Å². The molecular weight excluding hydrogens is 354 g/mol. The van der Waals surface area contributed by atoms with Gasteiger partial charge in [-0.15, -0.1) is 0 Å². The van der Waals surface area contributed by atoms with Crippen LogP contribution in [0.25, 0.3) is 0 Å². The van der Waals surface area contributed by atoms with Gasteiger partial charge in [-0.25, -0.2) is 0 Å². The van der Waals surface area contributed by atoms with Gasteiger partial charge in [0.1, 0.15) is 5.75 Å². The van der Waals surface area contributed by atoms with Gasteiger partial charge >= 0.3 is 0 Å². The average molecular weight is 404 g/mol. The van der Waals surface area contributed by atoms with Crippen LogP contribution in [0.2, 0.25) is 0 Å². The first-order chi connectivity index (χ1) is 13.8. The van der Waals surface area contributed by atoms with Crippen molar-refractivity contribution in [1.82, 2.24) is 4.98 Å². The second kappa shape index (κ2) is 13.3. The fraction of sp³-hybridized carbons (Fsp3) is 0.815. The van der Waals surface area contributed by atoms with Gasteiger partial charge in [0.2, 0.25) is 0 Å². The first-order valence-electron chi connectivity index (χ1n) is 12.4. The number of nitrogens with zero attached hydrogens (tertiary/aromatic N) is 1. The largest absolute Gasteiger partial charge is 0.496 e. The van der Waals surface area contributed by atoms with Gasteiger partial charge in [0.05, 0.1) is 7.11 Å². The summed E-state index contributed by atoms with van der Waals surface area (Å²) in [4.78, 5) is 5.00. The van der Waals surface area contributed by atoms with E-state index in [4.69, 9.17) is 9.72 Å². The lowest BCUT2D eigenvalue weighted by Gasteiger charge is -2.33. The lowest BCUT2D eigenvalue weighted by atomic mass is 9.74. The molecule has 2 heteroatoms. The summed E-state index contributed by atoms with van der Waals surface area (Å²) >= 11 is 0. The highest BCUT2D eigenvalue weighted by molar-refractivity contribution is 5.40. The van der Waals surface area contributed by atoms with Gasteiger partial charge in [-0.3, -0.25) is 4.98 Å². The Bertz CT molecular complexity index is 566. The Hall–Kier alpha value is -1.05. The maximum Gasteiger partial charge on any atom is 0.125 e. The molecule has 0 aliphatic rings. The van der Waals surface area contributed by atoms with E-state index in [1.165, 1.54) is 94.7 Å². The van der Waals surface area contributed by atoms with E-state index < -0.39 is 0 Å². The molecule has 0 unspecified atom stereocenters. The van der Waals surface area contributed by atoms with E-state index in [0.717, 1.165) is 5.75 Å². The highest BCUT2D eigenvalue weighted by Gasteiger charge is 2.31. The Balaban J connectivity index is 3.05. The van der Waals surface area contributed by atoms with Crippen molar-refractivity contribution in [3.8, 4) is 5.75 Å². The predicted octanol–water partition coefficient (Wildman–Crippen LogP) is 8.76. The minimum Gasteiger partial charge on any atom is -0.496 e. The van der Waals surface area contributed by atoms with Crippen molar-refractivity contribution in [1.29, 1.82) is 0 Å². The Morgan fingerprint density at radius 3 is 1.86 bits per heavy atom. The topological polar surface area (TPSA) is 22.1 Å². The molecule has 0 fully saturated rings. The fourth-order valence-electron chi connectivity index (χ4n) is 4.45. The molecule has 29 heavy (non-hydrogen) atoms. The normalized spacial score (nSPS) is 14.0. The zero-order chi connectivity index (χ0) is 21.8. The quantitative estimate of drug-likeness (QED) is 0.257. The highest BCUT2D eigenvalue weighted by Crippen LogP contribution is 2.41. The summed E-state index contributed by atoms with van der Waals surface area (Å²) in [7, 11) is 1.83. The molecule has 1 aromatic heterocycles. The molecule has 0 aromatic carbocycles. The molecule has 0 aliphatic carbocycles. The van der Waals surface area contributed by atoms with E-state index in [9.17, 15) is 0 Å². The van der Waals surface area contributed by atoms with E-state index in [0.29, 0.717) is 0 Å². The summed E-state index contributed by atoms with van der Waals surface area (Å²) in [6, 6.07) is 2.24. The molecule has 0 N–H and O–H groups in total. The first-order valence-corrected chi connectivity index (χ1v) is 12.4. The van der Waals surface area contributed by atoms with E-state index in [-0.39, 0.29) is 10.8 Å². The molecule has 0 aliphatic heterocycles. The van der Waals surface area contributed by atoms with Crippen LogP contribution in [-0.4, -0.2) is 12.1 Å². The maximum atomic E-state index is 5.94. The number of unbranched alkanes of at least 4 members (excludes halogenated alkanes) is 7.